The lowest BCUT2D eigenvalue weighted by Crippen LogP contribution is -2.35. The van der Waals surface area contributed by atoms with Crippen LogP contribution < -0.4 is 5.73 Å². The lowest BCUT2D eigenvalue weighted by Gasteiger charge is -2.26. The maximum absolute atomic E-state index is 6.19. The Kier molecular flexibility index (Phi) is 3.11. The van der Waals surface area contributed by atoms with Crippen molar-refractivity contribution < 1.29 is 0 Å². The number of rotatable bonds is 3. The second kappa shape index (κ2) is 4.11. The molecule has 0 aliphatic carbocycles. The maximum Gasteiger partial charge on any atom is 0.0517 e. The number of terminal acetylenes is 1. The van der Waals surface area contributed by atoms with Crippen LogP contribution in [0, 0.1) is 12.3 Å². The molecule has 0 saturated carbocycles. The van der Waals surface area contributed by atoms with Crippen molar-refractivity contribution in [1.82, 2.24) is 0 Å². The van der Waals surface area contributed by atoms with E-state index in [1.807, 2.05) is 30.3 Å². The van der Waals surface area contributed by atoms with Crippen molar-refractivity contribution >= 4 is 0 Å². The van der Waals surface area contributed by atoms with Gasteiger partial charge < -0.3 is 5.73 Å². The third-order valence-electron chi connectivity index (χ3n) is 2.40. The van der Waals surface area contributed by atoms with Crippen LogP contribution in [0.5, 0.6) is 0 Å². The minimum Gasteiger partial charge on any atom is -0.321 e. The summed E-state index contributed by atoms with van der Waals surface area (Å²) in [4.78, 5) is 0. The zero-order valence-corrected chi connectivity index (χ0v) is 7.96. The van der Waals surface area contributed by atoms with Crippen LogP contribution in [-0.2, 0) is 5.54 Å². The van der Waals surface area contributed by atoms with Crippen LogP contribution in [0.25, 0.3) is 0 Å². The molecule has 0 aliphatic heterocycles. The normalized spacial score (nSPS) is 14.5. The van der Waals surface area contributed by atoms with Crippen molar-refractivity contribution in [2.24, 2.45) is 5.73 Å². The third-order valence-corrected chi connectivity index (χ3v) is 2.40. The highest BCUT2D eigenvalue weighted by Gasteiger charge is 2.23. The first-order valence-electron chi connectivity index (χ1n) is 4.51. The zero-order chi connectivity index (χ0) is 9.73. The molecule has 1 unspecified atom stereocenters. The highest BCUT2D eigenvalue weighted by atomic mass is 14.7. The molecular formula is C12H15N. The molecule has 0 aromatic heterocycles. The molecule has 0 aliphatic rings. The summed E-state index contributed by atoms with van der Waals surface area (Å²) in [6.45, 7) is 2.06. The quantitative estimate of drug-likeness (QED) is 0.697. The molecule has 2 N–H and O–H groups in total. The molecule has 0 fully saturated rings. The van der Waals surface area contributed by atoms with E-state index in [2.05, 4.69) is 12.8 Å². The topological polar surface area (TPSA) is 26.0 Å². The minimum atomic E-state index is -0.351. The number of hydrogen-bond acceptors (Lipinski definition) is 1. The van der Waals surface area contributed by atoms with E-state index >= 15 is 0 Å². The van der Waals surface area contributed by atoms with Gasteiger partial charge in [-0.15, -0.1) is 12.3 Å². The minimum absolute atomic E-state index is 0.351. The molecule has 1 aromatic carbocycles. The van der Waals surface area contributed by atoms with Gasteiger partial charge in [0, 0.05) is 6.42 Å². The van der Waals surface area contributed by atoms with E-state index in [0.29, 0.717) is 6.42 Å². The summed E-state index contributed by atoms with van der Waals surface area (Å²) in [6.07, 6.45) is 6.75. The van der Waals surface area contributed by atoms with Gasteiger partial charge in [0.1, 0.15) is 0 Å². The third kappa shape index (κ3) is 2.11. The van der Waals surface area contributed by atoms with Crippen molar-refractivity contribution in [3.8, 4) is 12.3 Å². The largest absolute Gasteiger partial charge is 0.321 e. The molecule has 1 rings (SSSR count). The summed E-state index contributed by atoms with van der Waals surface area (Å²) < 4.78 is 0. The van der Waals surface area contributed by atoms with Gasteiger partial charge in [0.25, 0.3) is 0 Å². The first-order valence-corrected chi connectivity index (χ1v) is 4.51. The van der Waals surface area contributed by atoms with E-state index in [-0.39, 0.29) is 5.54 Å². The highest BCUT2D eigenvalue weighted by Crippen LogP contribution is 2.24. The lowest BCUT2D eigenvalue weighted by atomic mass is 9.86. The van der Waals surface area contributed by atoms with Crippen molar-refractivity contribution in [2.45, 2.75) is 25.3 Å². The van der Waals surface area contributed by atoms with Gasteiger partial charge in [0.15, 0.2) is 0 Å². The van der Waals surface area contributed by atoms with E-state index in [1.54, 1.807) is 0 Å². The van der Waals surface area contributed by atoms with E-state index in [0.717, 1.165) is 12.0 Å². The fourth-order valence-electron chi connectivity index (χ4n) is 1.38. The molecule has 1 aromatic rings. The monoisotopic (exact) mass is 173 g/mol. The van der Waals surface area contributed by atoms with Crippen LogP contribution in [0.3, 0.4) is 0 Å². The predicted octanol–water partition coefficient (Wildman–Crippen LogP) is 2.27. The van der Waals surface area contributed by atoms with Crippen LogP contribution in [-0.4, -0.2) is 0 Å². The Bertz CT molecular complexity index is 297. The predicted molar refractivity (Wildman–Crippen MR) is 56.0 cm³/mol. The molecule has 1 nitrogen and oxygen atoms in total. The Morgan fingerprint density at radius 3 is 2.46 bits per heavy atom. The standard InChI is InChI=1S/C12H15N/c1-3-10-12(13,4-2)11-8-6-5-7-9-11/h1,5-9H,4,10,13H2,2H3. The second-order valence-corrected chi connectivity index (χ2v) is 3.26. The Balaban J connectivity index is 2.97. The molecule has 1 heteroatoms. The van der Waals surface area contributed by atoms with E-state index in [9.17, 15) is 0 Å². The molecule has 0 spiro atoms. The van der Waals surface area contributed by atoms with Gasteiger partial charge in [-0.2, -0.15) is 0 Å². The first-order chi connectivity index (χ1) is 6.23. The summed E-state index contributed by atoms with van der Waals surface area (Å²) in [5, 5.41) is 0. The lowest BCUT2D eigenvalue weighted by molar-refractivity contribution is 0.440. The average molecular weight is 173 g/mol. The van der Waals surface area contributed by atoms with Gasteiger partial charge in [-0.25, -0.2) is 0 Å². The molecule has 13 heavy (non-hydrogen) atoms. The summed E-state index contributed by atoms with van der Waals surface area (Å²) >= 11 is 0. The van der Waals surface area contributed by atoms with Gasteiger partial charge >= 0.3 is 0 Å². The molecule has 68 valence electrons. The van der Waals surface area contributed by atoms with Gasteiger partial charge in [0.2, 0.25) is 0 Å². The average Bonchev–Trinajstić information content (AvgIpc) is 2.19. The number of hydrogen-bond donors (Lipinski definition) is 1. The van der Waals surface area contributed by atoms with E-state index < -0.39 is 0 Å². The van der Waals surface area contributed by atoms with E-state index in [1.165, 1.54) is 0 Å². The van der Waals surface area contributed by atoms with Crippen molar-refractivity contribution in [2.75, 3.05) is 0 Å². The Hall–Kier alpha value is -1.26. The van der Waals surface area contributed by atoms with Crippen LogP contribution in [0.1, 0.15) is 25.3 Å². The SMILES string of the molecule is C#CCC(N)(CC)c1ccccc1. The molecule has 1 atom stereocenters. The van der Waals surface area contributed by atoms with E-state index in [4.69, 9.17) is 12.2 Å². The number of nitrogens with two attached hydrogens (primary N) is 1. The molecule has 0 amide bonds. The maximum atomic E-state index is 6.19. The van der Waals surface area contributed by atoms with Gasteiger partial charge in [-0.1, -0.05) is 37.3 Å². The smallest absolute Gasteiger partial charge is 0.0517 e. The molecular weight excluding hydrogens is 158 g/mol. The number of benzene rings is 1. The fraction of sp³-hybridized carbons (Fsp3) is 0.333. The molecule has 0 bridgehead atoms. The molecule has 0 saturated heterocycles. The Morgan fingerprint density at radius 1 is 1.38 bits per heavy atom. The van der Waals surface area contributed by atoms with Gasteiger partial charge in [-0.05, 0) is 12.0 Å². The summed E-state index contributed by atoms with van der Waals surface area (Å²) in [5.74, 6) is 2.63. The highest BCUT2D eigenvalue weighted by molar-refractivity contribution is 5.25. The van der Waals surface area contributed by atoms with Gasteiger partial charge in [-0.3, -0.25) is 0 Å². The Morgan fingerprint density at radius 2 is 2.00 bits per heavy atom. The van der Waals surface area contributed by atoms with Crippen LogP contribution >= 0.6 is 0 Å². The summed E-state index contributed by atoms with van der Waals surface area (Å²) in [5.41, 5.74) is 6.96. The second-order valence-electron chi connectivity index (χ2n) is 3.26. The van der Waals surface area contributed by atoms with Gasteiger partial charge in [0.05, 0.1) is 5.54 Å². The van der Waals surface area contributed by atoms with Crippen LogP contribution in [0.2, 0.25) is 0 Å². The zero-order valence-electron chi connectivity index (χ0n) is 7.96. The summed E-state index contributed by atoms with van der Waals surface area (Å²) in [6, 6.07) is 10.0. The van der Waals surface area contributed by atoms with Crippen molar-refractivity contribution in [3.63, 3.8) is 0 Å². The Labute approximate surface area is 80.0 Å². The van der Waals surface area contributed by atoms with Crippen LogP contribution in [0.15, 0.2) is 30.3 Å². The van der Waals surface area contributed by atoms with Crippen LogP contribution in [0.4, 0.5) is 0 Å². The van der Waals surface area contributed by atoms with Crippen molar-refractivity contribution in [3.05, 3.63) is 35.9 Å². The summed E-state index contributed by atoms with van der Waals surface area (Å²) in [7, 11) is 0. The molecule has 0 radical (unpaired) electrons. The fourth-order valence-corrected chi connectivity index (χ4v) is 1.38. The first kappa shape index (κ1) is 9.83. The van der Waals surface area contributed by atoms with Crippen molar-refractivity contribution in [1.29, 1.82) is 0 Å². The molecule has 0 heterocycles.